The molecule has 1 rings (SSSR count). The van der Waals surface area contributed by atoms with E-state index in [0.29, 0.717) is 5.75 Å². The fraction of sp³-hybridized carbons (Fsp3) is 0.467. The van der Waals surface area contributed by atoms with Gasteiger partial charge < -0.3 is 15.2 Å². The minimum Gasteiger partial charge on any atom is -0.493 e. The monoisotopic (exact) mass is 297 g/mol. The first-order valence-corrected chi connectivity index (χ1v) is 6.60. The number of carbonyl (C=O) groups is 2. The van der Waals surface area contributed by atoms with E-state index in [-0.39, 0.29) is 13.0 Å². The fourth-order valence-electron chi connectivity index (χ4n) is 1.70. The molecule has 0 spiro atoms. The summed E-state index contributed by atoms with van der Waals surface area (Å²) in [6.07, 6.45) is -0.00360. The fourth-order valence-corrected chi connectivity index (χ4v) is 1.70. The Morgan fingerprint density at radius 2 is 2.05 bits per heavy atom. The Bertz CT molecular complexity index is 511. The maximum absolute atomic E-state index is 12.9. The van der Waals surface area contributed by atoms with Crippen LogP contribution in [-0.2, 0) is 9.59 Å². The summed E-state index contributed by atoms with van der Waals surface area (Å²) in [5.74, 6) is -1.60. The maximum Gasteiger partial charge on any atom is 0.326 e. The van der Waals surface area contributed by atoms with Crippen molar-refractivity contribution in [1.29, 1.82) is 0 Å². The SMILES string of the molecule is CC(C)(C)[C@@H](NC(=O)CCOc1cccc(F)c1)C(=O)O. The lowest BCUT2D eigenvalue weighted by atomic mass is 9.86. The Labute approximate surface area is 123 Å². The number of halogens is 1. The number of nitrogens with one attached hydrogen (secondary N) is 1. The smallest absolute Gasteiger partial charge is 0.326 e. The van der Waals surface area contributed by atoms with Crippen molar-refractivity contribution in [3.8, 4) is 5.75 Å². The third-order valence-electron chi connectivity index (χ3n) is 2.81. The lowest BCUT2D eigenvalue weighted by molar-refractivity contribution is -0.145. The van der Waals surface area contributed by atoms with E-state index in [2.05, 4.69) is 5.32 Å². The summed E-state index contributed by atoms with van der Waals surface area (Å²) in [6.45, 7) is 5.24. The highest BCUT2D eigenvalue weighted by Gasteiger charge is 2.32. The molecule has 2 N–H and O–H groups in total. The van der Waals surface area contributed by atoms with Gasteiger partial charge >= 0.3 is 5.97 Å². The van der Waals surface area contributed by atoms with Crippen LogP contribution in [0.15, 0.2) is 24.3 Å². The molecule has 1 amide bonds. The van der Waals surface area contributed by atoms with Crippen LogP contribution >= 0.6 is 0 Å². The van der Waals surface area contributed by atoms with Gasteiger partial charge in [-0.15, -0.1) is 0 Å². The van der Waals surface area contributed by atoms with Gasteiger partial charge in [0.15, 0.2) is 0 Å². The van der Waals surface area contributed by atoms with Gasteiger partial charge in [-0.2, -0.15) is 0 Å². The van der Waals surface area contributed by atoms with Gasteiger partial charge in [-0.05, 0) is 17.5 Å². The molecule has 0 fully saturated rings. The second-order valence-corrected chi connectivity index (χ2v) is 5.76. The number of aliphatic carboxylic acids is 1. The zero-order chi connectivity index (χ0) is 16.0. The standard InChI is InChI=1S/C15H20FNO4/c1-15(2,3)13(14(19)20)17-12(18)7-8-21-11-6-4-5-10(16)9-11/h4-6,9,13H,7-8H2,1-3H3,(H,17,18)(H,19,20)/t13-/m0/s1. The summed E-state index contributed by atoms with van der Waals surface area (Å²) in [5.41, 5.74) is -0.592. The van der Waals surface area contributed by atoms with Crippen molar-refractivity contribution in [3.05, 3.63) is 30.1 Å². The number of amides is 1. The molecule has 0 saturated heterocycles. The van der Waals surface area contributed by atoms with Gasteiger partial charge in [0.1, 0.15) is 17.6 Å². The van der Waals surface area contributed by atoms with E-state index in [0.717, 1.165) is 0 Å². The first-order chi connectivity index (χ1) is 9.70. The topological polar surface area (TPSA) is 75.6 Å². The van der Waals surface area contributed by atoms with Crippen molar-refractivity contribution < 1.29 is 23.8 Å². The Balaban J connectivity index is 2.45. The Morgan fingerprint density at radius 1 is 1.38 bits per heavy atom. The van der Waals surface area contributed by atoms with E-state index in [1.165, 1.54) is 18.2 Å². The number of rotatable bonds is 6. The highest BCUT2D eigenvalue weighted by Crippen LogP contribution is 2.19. The van der Waals surface area contributed by atoms with Crippen LogP contribution in [0.2, 0.25) is 0 Å². The second kappa shape index (κ2) is 7.06. The van der Waals surface area contributed by atoms with Gasteiger partial charge in [0.25, 0.3) is 0 Å². The summed E-state index contributed by atoms with van der Waals surface area (Å²) < 4.78 is 18.2. The molecule has 0 aromatic heterocycles. The number of carbonyl (C=O) groups excluding carboxylic acids is 1. The lowest BCUT2D eigenvalue weighted by Gasteiger charge is -2.27. The predicted octanol–water partition coefficient (Wildman–Crippen LogP) is 2.21. The minimum absolute atomic E-state index is 0.00360. The van der Waals surface area contributed by atoms with Crippen molar-refractivity contribution in [1.82, 2.24) is 5.32 Å². The highest BCUT2D eigenvalue weighted by molar-refractivity contribution is 5.84. The Kier molecular flexibility index (Phi) is 5.69. The van der Waals surface area contributed by atoms with Crippen molar-refractivity contribution >= 4 is 11.9 Å². The number of benzene rings is 1. The Morgan fingerprint density at radius 3 is 2.57 bits per heavy atom. The number of hydrogen-bond acceptors (Lipinski definition) is 3. The van der Waals surface area contributed by atoms with E-state index >= 15 is 0 Å². The molecule has 1 aromatic carbocycles. The molecule has 0 saturated carbocycles. The van der Waals surface area contributed by atoms with Crippen LogP contribution in [0.4, 0.5) is 4.39 Å². The zero-order valence-electron chi connectivity index (χ0n) is 12.4. The van der Waals surface area contributed by atoms with Crippen molar-refractivity contribution in [2.24, 2.45) is 5.41 Å². The van der Waals surface area contributed by atoms with Crippen LogP contribution < -0.4 is 10.1 Å². The number of ether oxygens (including phenoxy) is 1. The van der Waals surface area contributed by atoms with Gasteiger partial charge in [-0.1, -0.05) is 26.8 Å². The third kappa shape index (κ3) is 5.81. The van der Waals surface area contributed by atoms with E-state index in [1.54, 1.807) is 26.8 Å². The van der Waals surface area contributed by atoms with Crippen LogP contribution in [-0.4, -0.2) is 29.6 Å². The van der Waals surface area contributed by atoms with Gasteiger partial charge in [-0.25, -0.2) is 9.18 Å². The first kappa shape index (κ1) is 16.9. The molecule has 0 aliphatic heterocycles. The van der Waals surface area contributed by atoms with Crippen LogP contribution in [0.5, 0.6) is 5.75 Å². The van der Waals surface area contributed by atoms with E-state index in [9.17, 15) is 14.0 Å². The largest absolute Gasteiger partial charge is 0.493 e. The number of carboxylic acid groups (broad SMARTS) is 1. The summed E-state index contributed by atoms with van der Waals surface area (Å²) in [4.78, 5) is 22.9. The molecule has 116 valence electrons. The highest BCUT2D eigenvalue weighted by atomic mass is 19.1. The quantitative estimate of drug-likeness (QED) is 0.844. The maximum atomic E-state index is 12.9. The summed E-state index contributed by atoms with van der Waals surface area (Å²) in [7, 11) is 0. The zero-order valence-corrected chi connectivity index (χ0v) is 12.4. The molecule has 0 heterocycles. The molecule has 0 radical (unpaired) electrons. The van der Waals surface area contributed by atoms with Gasteiger partial charge in [-0.3, -0.25) is 4.79 Å². The molecule has 1 aromatic rings. The third-order valence-corrected chi connectivity index (χ3v) is 2.81. The molecule has 0 aliphatic carbocycles. The van der Waals surface area contributed by atoms with Crippen LogP contribution in [0, 0.1) is 11.2 Å². The molecular formula is C15H20FNO4. The Hall–Kier alpha value is -2.11. The number of hydrogen-bond donors (Lipinski definition) is 2. The normalized spacial score (nSPS) is 12.6. The minimum atomic E-state index is -1.08. The molecule has 0 aliphatic rings. The molecule has 0 unspecified atom stereocenters. The van der Waals surface area contributed by atoms with Crippen molar-refractivity contribution in [2.45, 2.75) is 33.2 Å². The van der Waals surface area contributed by atoms with E-state index in [1.807, 2.05) is 0 Å². The van der Waals surface area contributed by atoms with E-state index in [4.69, 9.17) is 9.84 Å². The first-order valence-electron chi connectivity index (χ1n) is 6.60. The molecule has 1 atom stereocenters. The summed E-state index contributed by atoms with van der Waals surface area (Å²) in [5, 5.41) is 11.6. The predicted molar refractivity (Wildman–Crippen MR) is 75.5 cm³/mol. The average molecular weight is 297 g/mol. The van der Waals surface area contributed by atoms with Crippen LogP contribution in [0.25, 0.3) is 0 Å². The molecule has 21 heavy (non-hydrogen) atoms. The van der Waals surface area contributed by atoms with Gasteiger partial charge in [0.2, 0.25) is 5.91 Å². The molecule has 5 nitrogen and oxygen atoms in total. The van der Waals surface area contributed by atoms with Crippen LogP contribution in [0.3, 0.4) is 0 Å². The van der Waals surface area contributed by atoms with Crippen molar-refractivity contribution in [3.63, 3.8) is 0 Å². The summed E-state index contributed by atoms with van der Waals surface area (Å²) in [6, 6.07) is 4.62. The van der Waals surface area contributed by atoms with Crippen LogP contribution in [0.1, 0.15) is 27.2 Å². The number of carboxylic acids is 1. The van der Waals surface area contributed by atoms with E-state index < -0.39 is 29.2 Å². The average Bonchev–Trinajstić information content (AvgIpc) is 2.34. The molecule has 6 heteroatoms. The van der Waals surface area contributed by atoms with Gasteiger partial charge in [0.05, 0.1) is 13.0 Å². The van der Waals surface area contributed by atoms with Gasteiger partial charge in [0, 0.05) is 6.07 Å². The molecular weight excluding hydrogens is 277 g/mol. The summed E-state index contributed by atoms with van der Waals surface area (Å²) >= 11 is 0. The molecule has 0 bridgehead atoms. The second-order valence-electron chi connectivity index (χ2n) is 5.76. The lowest BCUT2D eigenvalue weighted by Crippen LogP contribution is -2.49. The van der Waals surface area contributed by atoms with Crippen molar-refractivity contribution in [2.75, 3.05) is 6.61 Å².